The molecule has 4 aromatic carbocycles. The van der Waals surface area contributed by atoms with E-state index in [-0.39, 0.29) is 41.0 Å². The third kappa shape index (κ3) is 9.27. The Labute approximate surface area is 302 Å². The van der Waals surface area contributed by atoms with Crippen LogP contribution in [0.3, 0.4) is 0 Å². The Morgan fingerprint density at radius 3 is 2.10 bits per heavy atom. The first kappa shape index (κ1) is 38.1. The number of halogens is 1. The van der Waals surface area contributed by atoms with Gasteiger partial charge in [0.25, 0.3) is 10.0 Å². The second-order valence-corrected chi connectivity index (χ2v) is 14.0. The number of hydrogen-bond acceptors (Lipinski definition) is 8. The molecule has 0 unspecified atom stereocenters. The lowest BCUT2D eigenvalue weighted by atomic mass is 10.0. The number of rotatable bonds is 17. The lowest BCUT2D eigenvalue weighted by Crippen LogP contribution is -2.53. The highest BCUT2D eigenvalue weighted by Crippen LogP contribution is 2.38. The molecule has 0 fully saturated rings. The second kappa shape index (κ2) is 17.8. The van der Waals surface area contributed by atoms with Gasteiger partial charge in [-0.1, -0.05) is 65.3 Å². The van der Waals surface area contributed by atoms with Crippen LogP contribution in [0.1, 0.15) is 24.5 Å². The van der Waals surface area contributed by atoms with Gasteiger partial charge in [-0.2, -0.15) is 0 Å². The number of methoxy groups -OCH3 is 4. The average Bonchev–Trinajstić information content (AvgIpc) is 3.13. The van der Waals surface area contributed by atoms with E-state index in [2.05, 4.69) is 21.2 Å². The van der Waals surface area contributed by atoms with E-state index >= 15 is 0 Å². The Hall–Kier alpha value is -4.75. The molecule has 0 bridgehead atoms. The van der Waals surface area contributed by atoms with Crippen molar-refractivity contribution in [3.05, 3.63) is 107 Å². The SMILES string of the molecule is CCCNC(=O)[C@H](Cc1ccccc1)N(Cc1cccc(Br)c1)C(=O)CN(c1cc(OC)ccc1OC)S(=O)(=O)c1ccc(OC)c(OC)c1. The average molecular weight is 769 g/mol. The Morgan fingerprint density at radius 2 is 1.46 bits per heavy atom. The molecule has 0 aromatic heterocycles. The summed E-state index contributed by atoms with van der Waals surface area (Å²) in [7, 11) is 1.21. The molecule has 0 aliphatic carbocycles. The van der Waals surface area contributed by atoms with Gasteiger partial charge < -0.3 is 29.2 Å². The van der Waals surface area contributed by atoms with Crippen molar-refractivity contribution < 1.29 is 37.0 Å². The maximum Gasteiger partial charge on any atom is 0.265 e. The van der Waals surface area contributed by atoms with Crippen molar-refractivity contribution in [2.75, 3.05) is 45.8 Å². The summed E-state index contributed by atoms with van der Waals surface area (Å²) in [6.45, 7) is 1.69. The Morgan fingerprint density at radius 1 is 0.780 bits per heavy atom. The zero-order valence-corrected chi connectivity index (χ0v) is 31.1. The highest BCUT2D eigenvalue weighted by Gasteiger charge is 2.36. The van der Waals surface area contributed by atoms with Crippen LogP contribution in [0.2, 0.25) is 0 Å². The maximum absolute atomic E-state index is 14.8. The lowest BCUT2D eigenvalue weighted by molar-refractivity contribution is -0.140. The molecule has 0 saturated heterocycles. The zero-order valence-electron chi connectivity index (χ0n) is 28.7. The summed E-state index contributed by atoms with van der Waals surface area (Å²) in [4.78, 5) is 30.0. The number of hydrogen-bond donors (Lipinski definition) is 1. The minimum Gasteiger partial charge on any atom is -0.497 e. The fourth-order valence-electron chi connectivity index (χ4n) is 5.36. The fraction of sp³-hybridized carbons (Fsp3) is 0.297. The van der Waals surface area contributed by atoms with Crippen LogP contribution in [0.4, 0.5) is 5.69 Å². The van der Waals surface area contributed by atoms with Crippen molar-refractivity contribution >= 4 is 43.5 Å². The number of nitrogens with zero attached hydrogens (tertiary/aromatic N) is 2. The summed E-state index contributed by atoms with van der Waals surface area (Å²) in [5.74, 6) is 0.0634. The molecule has 13 heteroatoms. The van der Waals surface area contributed by atoms with Gasteiger partial charge >= 0.3 is 0 Å². The number of benzene rings is 4. The standard InChI is InChI=1S/C37H42BrN3O8S/c1-6-19-39-37(43)32(21-26-11-8-7-9-12-26)40(24-27-13-10-14-28(38)20-27)36(42)25-41(31-22-29(46-2)15-17-33(31)47-3)50(44,45)30-16-18-34(48-4)35(23-30)49-5/h7-18,20,22-23,32H,6,19,21,24-25H2,1-5H3,(H,39,43)/t32-/m0/s1. The number of ether oxygens (including phenoxy) is 4. The number of carbonyl (C=O) groups excluding carboxylic acids is 2. The summed E-state index contributed by atoms with van der Waals surface area (Å²) in [5.41, 5.74) is 1.63. The largest absolute Gasteiger partial charge is 0.497 e. The van der Waals surface area contributed by atoms with Gasteiger partial charge in [0.15, 0.2) is 11.5 Å². The molecule has 4 aromatic rings. The quantitative estimate of drug-likeness (QED) is 0.142. The Balaban J connectivity index is 1.89. The van der Waals surface area contributed by atoms with Gasteiger partial charge in [0.05, 0.1) is 39.0 Å². The highest BCUT2D eigenvalue weighted by molar-refractivity contribution is 9.10. The first-order valence-electron chi connectivity index (χ1n) is 15.9. The van der Waals surface area contributed by atoms with Crippen molar-refractivity contribution in [1.82, 2.24) is 10.2 Å². The van der Waals surface area contributed by atoms with E-state index in [0.717, 1.165) is 19.9 Å². The number of nitrogens with one attached hydrogen (secondary N) is 1. The molecular formula is C37H42BrN3O8S. The molecule has 0 saturated carbocycles. The van der Waals surface area contributed by atoms with Crippen LogP contribution in [0.5, 0.6) is 23.0 Å². The summed E-state index contributed by atoms with van der Waals surface area (Å²) in [6, 6.07) is 24.6. The second-order valence-electron chi connectivity index (χ2n) is 11.2. The van der Waals surface area contributed by atoms with Gasteiger partial charge in [0.1, 0.15) is 24.1 Å². The number of sulfonamides is 1. The van der Waals surface area contributed by atoms with Crippen molar-refractivity contribution in [2.45, 2.75) is 37.2 Å². The fourth-order valence-corrected chi connectivity index (χ4v) is 7.24. The first-order chi connectivity index (χ1) is 24.1. The van der Waals surface area contributed by atoms with Crippen LogP contribution in [-0.2, 0) is 32.6 Å². The third-order valence-electron chi connectivity index (χ3n) is 7.94. The molecule has 0 radical (unpaired) electrons. The minimum absolute atomic E-state index is 0.0226. The molecular weight excluding hydrogens is 726 g/mol. The van der Waals surface area contributed by atoms with Gasteiger partial charge in [-0.3, -0.25) is 13.9 Å². The van der Waals surface area contributed by atoms with Gasteiger partial charge in [-0.15, -0.1) is 0 Å². The predicted molar refractivity (Wildman–Crippen MR) is 196 cm³/mol. The van der Waals surface area contributed by atoms with E-state index in [0.29, 0.717) is 24.5 Å². The van der Waals surface area contributed by atoms with Crippen LogP contribution in [0.25, 0.3) is 0 Å². The number of carbonyl (C=O) groups is 2. The van der Waals surface area contributed by atoms with E-state index in [1.807, 2.05) is 61.5 Å². The smallest absolute Gasteiger partial charge is 0.265 e. The molecule has 11 nitrogen and oxygen atoms in total. The number of anilines is 1. The molecule has 2 amide bonds. The summed E-state index contributed by atoms with van der Waals surface area (Å²) in [5, 5.41) is 2.95. The summed E-state index contributed by atoms with van der Waals surface area (Å²) < 4.78 is 52.8. The van der Waals surface area contributed by atoms with Crippen molar-refractivity contribution in [3.63, 3.8) is 0 Å². The van der Waals surface area contributed by atoms with Gasteiger partial charge in [0.2, 0.25) is 11.8 Å². The van der Waals surface area contributed by atoms with E-state index < -0.39 is 28.5 Å². The van der Waals surface area contributed by atoms with Gasteiger partial charge in [0, 0.05) is 36.1 Å². The van der Waals surface area contributed by atoms with E-state index in [1.54, 1.807) is 12.1 Å². The first-order valence-corrected chi connectivity index (χ1v) is 18.1. The van der Waals surface area contributed by atoms with Gasteiger partial charge in [-0.25, -0.2) is 8.42 Å². The molecule has 50 heavy (non-hydrogen) atoms. The number of amides is 2. The Bertz CT molecular complexity index is 1870. The summed E-state index contributed by atoms with van der Waals surface area (Å²) >= 11 is 3.50. The van der Waals surface area contributed by atoms with Crippen molar-refractivity contribution in [1.29, 1.82) is 0 Å². The Kier molecular flexibility index (Phi) is 13.5. The lowest BCUT2D eigenvalue weighted by Gasteiger charge is -2.34. The molecule has 0 aliphatic heterocycles. The van der Waals surface area contributed by atoms with Crippen LogP contribution < -0.4 is 28.6 Å². The molecule has 266 valence electrons. The molecule has 4 rings (SSSR count). The van der Waals surface area contributed by atoms with Crippen LogP contribution in [-0.4, -0.2) is 72.7 Å². The third-order valence-corrected chi connectivity index (χ3v) is 10.2. The van der Waals surface area contributed by atoms with E-state index in [9.17, 15) is 18.0 Å². The highest BCUT2D eigenvalue weighted by atomic mass is 79.9. The van der Waals surface area contributed by atoms with Crippen molar-refractivity contribution in [2.24, 2.45) is 0 Å². The molecule has 1 atom stereocenters. The monoisotopic (exact) mass is 767 g/mol. The van der Waals surface area contributed by atoms with Gasteiger partial charge in [-0.05, 0) is 53.9 Å². The van der Waals surface area contributed by atoms with Crippen LogP contribution in [0.15, 0.2) is 100 Å². The molecule has 1 N–H and O–H groups in total. The van der Waals surface area contributed by atoms with Crippen LogP contribution >= 0.6 is 15.9 Å². The maximum atomic E-state index is 14.8. The van der Waals surface area contributed by atoms with E-state index in [1.165, 1.54) is 57.6 Å². The van der Waals surface area contributed by atoms with E-state index in [4.69, 9.17) is 18.9 Å². The molecule has 0 heterocycles. The molecule has 0 aliphatic rings. The van der Waals surface area contributed by atoms with Crippen LogP contribution in [0, 0.1) is 0 Å². The molecule has 0 spiro atoms. The summed E-state index contributed by atoms with van der Waals surface area (Å²) in [6.07, 6.45) is 0.886. The minimum atomic E-state index is -4.49. The topological polar surface area (TPSA) is 124 Å². The van der Waals surface area contributed by atoms with Crippen molar-refractivity contribution in [3.8, 4) is 23.0 Å². The predicted octanol–water partition coefficient (Wildman–Crippen LogP) is 5.85. The normalized spacial score (nSPS) is 11.6. The zero-order chi connectivity index (χ0) is 36.3.